The Morgan fingerprint density at radius 1 is 0.968 bits per heavy atom. The maximum absolute atomic E-state index is 11.6. The fourth-order valence-corrected chi connectivity index (χ4v) is 5.87. The first-order chi connectivity index (χ1) is 14.8. The molecule has 0 fully saturated rings. The Morgan fingerprint density at radius 2 is 1.74 bits per heavy atom. The Kier molecular flexibility index (Phi) is 6.16. The predicted molar refractivity (Wildman–Crippen MR) is 128 cm³/mol. The van der Waals surface area contributed by atoms with E-state index in [9.17, 15) is 8.42 Å². The smallest absolute Gasteiger partial charge is 0.195 e. The van der Waals surface area contributed by atoms with E-state index in [1.807, 2.05) is 12.1 Å². The predicted octanol–water partition coefficient (Wildman–Crippen LogP) is 4.76. The standard InChI is InChI=1S/C24H25N3O2S2/c1-17-11-12-22(18(2)15-17)27-23(25-26-24(27)30-13-14-31(3,28)29)16-20-9-6-8-19-7-4-5-10-21(19)20/h4-12,15H,13-14,16H2,1-3H3. The fraction of sp³-hybridized carbons (Fsp3) is 0.250. The van der Waals surface area contributed by atoms with Crippen LogP contribution < -0.4 is 0 Å². The van der Waals surface area contributed by atoms with Gasteiger partial charge in [0.1, 0.15) is 15.7 Å². The monoisotopic (exact) mass is 451 g/mol. The average molecular weight is 452 g/mol. The summed E-state index contributed by atoms with van der Waals surface area (Å²) in [7, 11) is -3.03. The molecule has 0 aliphatic heterocycles. The summed E-state index contributed by atoms with van der Waals surface area (Å²) in [5.74, 6) is 1.39. The van der Waals surface area contributed by atoms with Crippen molar-refractivity contribution < 1.29 is 8.42 Å². The van der Waals surface area contributed by atoms with Gasteiger partial charge in [0.05, 0.1) is 11.4 Å². The minimum absolute atomic E-state index is 0.107. The highest BCUT2D eigenvalue weighted by Crippen LogP contribution is 2.28. The zero-order chi connectivity index (χ0) is 22.0. The van der Waals surface area contributed by atoms with Crippen molar-refractivity contribution in [3.63, 3.8) is 0 Å². The van der Waals surface area contributed by atoms with Crippen LogP contribution in [0, 0.1) is 13.8 Å². The number of hydrogen-bond donors (Lipinski definition) is 0. The molecule has 7 heteroatoms. The maximum Gasteiger partial charge on any atom is 0.195 e. The number of aryl methyl sites for hydroxylation is 2. The molecule has 3 aromatic carbocycles. The lowest BCUT2D eigenvalue weighted by Crippen LogP contribution is -2.08. The third-order valence-electron chi connectivity index (χ3n) is 5.21. The summed E-state index contributed by atoms with van der Waals surface area (Å²) in [6.45, 7) is 4.15. The number of sulfone groups is 1. The van der Waals surface area contributed by atoms with E-state index in [0.29, 0.717) is 17.3 Å². The Morgan fingerprint density at radius 3 is 2.52 bits per heavy atom. The molecule has 0 unspecified atom stereocenters. The molecule has 0 aliphatic rings. The van der Waals surface area contributed by atoms with Crippen LogP contribution in [0.4, 0.5) is 0 Å². The highest BCUT2D eigenvalue weighted by Gasteiger charge is 2.18. The first kappa shape index (κ1) is 21.6. The van der Waals surface area contributed by atoms with Crippen molar-refractivity contribution in [1.82, 2.24) is 14.8 Å². The second kappa shape index (κ2) is 8.85. The first-order valence-corrected chi connectivity index (χ1v) is 13.2. The molecule has 0 saturated heterocycles. The Bertz CT molecular complexity index is 1340. The van der Waals surface area contributed by atoms with Gasteiger partial charge >= 0.3 is 0 Å². The van der Waals surface area contributed by atoms with Gasteiger partial charge in [0.15, 0.2) is 5.16 Å². The molecule has 0 amide bonds. The molecule has 0 saturated carbocycles. The van der Waals surface area contributed by atoms with Gasteiger partial charge in [-0.3, -0.25) is 4.57 Å². The molecule has 1 aromatic heterocycles. The summed E-state index contributed by atoms with van der Waals surface area (Å²) in [5, 5.41) is 12.1. The Balaban J connectivity index is 1.76. The minimum Gasteiger partial charge on any atom is -0.273 e. The van der Waals surface area contributed by atoms with Crippen molar-refractivity contribution in [1.29, 1.82) is 0 Å². The van der Waals surface area contributed by atoms with Crippen molar-refractivity contribution >= 4 is 32.4 Å². The van der Waals surface area contributed by atoms with Crippen LogP contribution in [0.2, 0.25) is 0 Å². The van der Waals surface area contributed by atoms with E-state index in [2.05, 4.69) is 77.1 Å². The van der Waals surface area contributed by atoms with E-state index in [1.54, 1.807) is 0 Å². The third kappa shape index (κ3) is 4.99. The number of fused-ring (bicyclic) bond motifs is 1. The number of aromatic nitrogens is 3. The van der Waals surface area contributed by atoms with Crippen LogP contribution in [-0.4, -0.2) is 40.9 Å². The molecular formula is C24H25N3O2S2. The van der Waals surface area contributed by atoms with Crippen LogP contribution in [0.3, 0.4) is 0 Å². The number of thioether (sulfide) groups is 1. The summed E-state index contributed by atoms with van der Waals surface area (Å²) in [6, 6.07) is 20.9. The maximum atomic E-state index is 11.6. The molecule has 5 nitrogen and oxygen atoms in total. The van der Waals surface area contributed by atoms with E-state index < -0.39 is 9.84 Å². The van der Waals surface area contributed by atoms with Gasteiger partial charge in [-0.15, -0.1) is 10.2 Å². The van der Waals surface area contributed by atoms with Crippen molar-refractivity contribution in [3.8, 4) is 5.69 Å². The van der Waals surface area contributed by atoms with Crippen molar-refractivity contribution in [2.24, 2.45) is 0 Å². The molecule has 4 rings (SSSR count). The van der Waals surface area contributed by atoms with E-state index in [4.69, 9.17) is 0 Å². The number of hydrogen-bond acceptors (Lipinski definition) is 5. The van der Waals surface area contributed by atoms with Crippen molar-refractivity contribution in [2.75, 3.05) is 17.8 Å². The minimum atomic E-state index is -3.03. The largest absolute Gasteiger partial charge is 0.273 e. The third-order valence-corrected chi connectivity index (χ3v) is 7.34. The van der Waals surface area contributed by atoms with E-state index in [0.717, 1.165) is 17.1 Å². The van der Waals surface area contributed by atoms with Gasteiger partial charge in [-0.2, -0.15) is 0 Å². The fourth-order valence-electron chi connectivity index (χ4n) is 3.71. The van der Waals surface area contributed by atoms with E-state index >= 15 is 0 Å². The van der Waals surface area contributed by atoms with Gasteiger partial charge in [-0.25, -0.2) is 8.42 Å². The van der Waals surface area contributed by atoms with Crippen LogP contribution in [0.25, 0.3) is 16.5 Å². The van der Waals surface area contributed by atoms with Gasteiger partial charge < -0.3 is 0 Å². The number of benzene rings is 3. The molecular weight excluding hydrogens is 426 g/mol. The van der Waals surface area contributed by atoms with Gasteiger partial charge in [-0.05, 0) is 41.8 Å². The van der Waals surface area contributed by atoms with Crippen molar-refractivity contribution in [2.45, 2.75) is 25.4 Å². The number of nitrogens with zero attached hydrogens (tertiary/aromatic N) is 3. The molecule has 0 aliphatic carbocycles. The quantitative estimate of drug-likeness (QED) is 0.379. The average Bonchev–Trinajstić information content (AvgIpc) is 3.10. The Labute approximate surface area is 187 Å². The van der Waals surface area contributed by atoms with Crippen molar-refractivity contribution in [3.05, 3.63) is 83.2 Å². The van der Waals surface area contributed by atoms with Gasteiger partial charge in [0.25, 0.3) is 0 Å². The zero-order valence-corrected chi connectivity index (χ0v) is 19.5. The van der Waals surface area contributed by atoms with Gasteiger partial charge in [-0.1, -0.05) is 71.9 Å². The molecule has 4 aromatic rings. The summed E-state index contributed by atoms with van der Waals surface area (Å²) >= 11 is 1.43. The number of rotatable bonds is 7. The van der Waals surface area contributed by atoms with E-state index in [-0.39, 0.29) is 5.75 Å². The second-order valence-electron chi connectivity index (χ2n) is 7.82. The molecule has 0 N–H and O–H groups in total. The lowest BCUT2D eigenvalue weighted by atomic mass is 10.0. The molecule has 0 spiro atoms. The van der Waals surface area contributed by atoms with Crippen LogP contribution in [0.15, 0.2) is 65.8 Å². The van der Waals surface area contributed by atoms with E-state index in [1.165, 1.54) is 39.9 Å². The molecule has 160 valence electrons. The summed E-state index contributed by atoms with van der Waals surface area (Å²) < 4.78 is 25.2. The SMILES string of the molecule is Cc1ccc(-n2c(Cc3cccc4ccccc34)nnc2SCCS(C)(=O)=O)c(C)c1. The van der Waals surface area contributed by atoms with Crippen LogP contribution in [-0.2, 0) is 16.3 Å². The highest BCUT2D eigenvalue weighted by atomic mass is 32.2. The topological polar surface area (TPSA) is 64.8 Å². The highest BCUT2D eigenvalue weighted by molar-refractivity contribution is 8.00. The van der Waals surface area contributed by atoms with Gasteiger partial charge in [0, 0.05) is 18.4 Å². The lowest BCUT2D eigenvalue weighted by molar-refractivity contribution is 0.603. The second-order valence-corrected chi connectivity index (χ2v) is 11.1. The molecule has 31 heavy (non-hydrogen) atoms. The normalized spacial score (nSPS) is 11.8. The van der Waals surface area contributed by atoms with Crippen LogP contribution in [0.5, 0.6) is 0 Å². The lowest BCUT2D eigenvalue weighted by Gasteiger charge is -2.14. The molecule has 0 atom stereocenters. The zero-order valence-electron chi connectivity index (χ0n) is 17.9. The van der Waals surface area contributed by atoms with Crippen LogP contribution >= 0.6 is 11.8 Å². The molecule has 1 heterocycles. The van der Waals surface area contributed by atoms with Crippen LogP contribution in [0.1, 0.15) is 22.5 Å². The summed E-state index contributed by atoms with van der Waals surface area (Å²) in [4.78, 5) is 0. The first-order valence-electron chi connectivity index (χ1n) is 10.1. The van der Waals surface area contributed by atoms with Gasteiger partial charge in [0.2, 0.25) is 0 Å². The summed E-state index contributed by atoms with van der Waals surface area (Å²) in [6.07, 6.45) is 1.89. The molecule has 0 bridgehead atoms. The summed E-state index contributed by atoms with van der Waals surface area (Å²) in [5.41, 5.74) is 4.53. The Hall–Kier alpha value is -2.64. The molecule has 0 radical (unpaired) electrons.